The summed E-state index contributed by atoms with van der Waals surface area (Å²) in [6, 6.07) is 8.46. The van der Waals surface area contributed by atoms with E-state index in [0.717, 1.165) is 18.0 Å². The minimum absolute atomic E-state index is 0.355. The predicted octanol–water partition coefficient (Wildman–Crippen LogP) is 2.91. The zero-order valence-electron chi connectivity index (χ0n) is 12.7. The predicted molar refractivity (Wildman–Crippen MR) is 83.2 cm³/mol. The first kappa shape index (κ1) is 13.3. The molecule has 2 saturated heterocycles. The van der Waals surface area contributed by atoms with Crippen molar-refractivity contribution in [3.63, 3.8) is 0 Å². The largest absolute Gasteiger partial charge is 0.454 e. The van der Waals surface area contributed by atoms with Gasteiger partial charge in [-0.3, -0.25) is 0 Å². The highest BCUT2D eigenvalue weighted by molar-refractivity contribution is 5.59. The number of nitrogens with zero attached hydrogens (tertiary/aromatic N) is 1. The Labute approximate surface area is 126 Å². The average Bonchev–Trinajstić information content (AvgIpc) is 2.94. The van der Waals surface area contributed by atoms with Gasteiger partial charge in [0, 0.05) is 29.9 Å². The van der Waals surface area contributed by atoms with E-state index >= 15 is 0 Å². The quantitative estimate of drug-likeness (QED) is 0.927. The number of nitrogens with one attached hydrogen (secondary N) is 1. The van der Waals surface area contributed by atoms with Crippen molar-refractivity contribution in [1.82, 2.24) is 5.32 Å². The number of rotatable bonds is 3. The highest BCUT2D eigenvalue weighted by Gasteiger charge is 2.38. The van der Waals surface area contributed by atoms with Crippen molar-refractivity contribution in [3.05, 3.63) is 18.2 Å². The Bertz CT molecular complexity index is 506. The summed E-state index contributed by atoms with van der Waals surface area (Å²) in [4.78, 5) is 2.65. The summed E-state index contributed by atoms with van der Waals surface area (Å²) in [5.41, 5.74) is 1.31. The lowest BCUT2D eigenvalue weighted by molar-refractivity contribution is 0.174. The molecule has 1 N–H and O–H groups in total. The van der Waals surface area contributed by atoms with Crippen LogP contribution in [-0.4, -0.2) is 31.5 Å². The molecular formula is C17H24N2O2. The first-order valence-electron chi connectivity index (χ1n) is 8.26. The Morgan fingerprint density at radius 1 is 1.14 bits per heavy atom. The molecule has 0 amide bonds. The maximum atomic E-state index is 5.55. The first-order valence-corrected chi connectivity index (χ1v) is 8.26. The fourth-order valence-electron chi connectivity index (χ4n) is 4.30. The summed E-state index contributed by atoms with van der Waals surface area (Å²) >= 11 is 0. The summed E-state index contributed by atoms with van der Waals surface area (Å²) < 4.78 is 11.0. The van der Waals surface area contributed by atoms with E-state index < -0.39 is 0 Å². The molecule has 1 aromatic rings. The zero-order chi connectivity index (χ0) is 14.2. The molecule has 21 heavy (non-hydrogen) atoms. The van der Waals surface area contributed by atoms with Crippen LogP contribution in [0.2, 0.25) is 0 Å². The van der Waals surface area contributed by atoms with Gasteiger partial charge in [0.25, 0.3) is 0 Å². The van der Waals surface area contributed by atoms with E-state index in [1.165, 1.54) is 37.8 Å². The Hall–Kier alpha value is -1.42. The Morgan fingerprint density at radius 2 is 1.90 bits per heavy atom. The van der Waals surface area contributed by atoms with Gasteiger partial charge in [-0.25, -0.2) is 0 Å². The van der Waals surface area contributed by atoms with Crippen molar-refractivity contribution >= 4 is 5.69 Å². The van der Waals surface area contributed by atoms with Crippen LogP contribution in [0, 0.1) is 0 Å². The van der Waals surface area contributed by atoms with E-state index in [1.807, 2.05) is 0 Å². The van der Waals surface area contributed by atoms with E-state index in [4.69, 9.17) is 9.47 Å². The molecule has 0 saturated carbocycles. The summed E-state index contributed by atoms with van der Waals surface area (Å²) in [5, 5.41) is 3.66. The number of hydrogen-bond donors (Lipinski definition) is 1. The molecule has 3 aliphatic rings. The molecule has 4 rings (SSSR count). The lowest BCUT2D eigenvalue weighted by Crippen LogP contribution is -2.56. The molecule has 0 spiro atoms. The van der Waals surface area contributed by atoms with Gasteiger partial charge < -0.3 is 19.7 Å². The summed E-state index contributed by atoms with van der Waals surface area (Å²) in [6.07, 6.45) is 6.52. The lowest BCUT2D eigenvalue weighted by Gasteiger charge is -2.50. The fourth-order valence-corrected chi connectivity index (χ4v) is 4.30. The third kappa shape index (κ3) is 2.35. The molecule has 0 aliphatic carbocycles. The second-order valence-corrected chi connectivity index (χ2v) is 6.41. The van der Waals surface area contributed by atoms with Crippen LogP contribution in [0.15, 0.2) is 18.2 Å². The average molecular weight is 288 g/mol. The molecule has 1 aromatic carbocycles. The maximum Gasteiger partial charge on any atom is 0.231 e. The molecule has 2 unspecified atom stereocenters. The normalized spacial score (nSPS) is 30.5. The Morgan fingerprint density at radius 3 is 2.67 bits per heavy atom. The van der Waals surface area contributed by atoms with Gasteiger partial charge in [-0.05, 0) is 50.8 Å². The van der Waals surface area contributed by atoms with E-state index in [0.29, 0.717) is 24.9 Å². The minimum Gasteiger partial charge on any atom is -0.454 e. The molecular weight excluding hydrogens is 264 g/mol. The molecule has 4 heteroatoms. The smallest absolute Gasteiger partial charge is 0.231 e. The first-order chi connectivity index (χ1) is 10.3. The van der Waals surface area contributed by atoms with E-state index in [2.05, 4.69) is 35.3 Å². The molecule has 2 bridgehead atoms. The molecule has 0 radical (unpaired) electrons. The van der Waals surface area contributed by atoms with Gasteiger partial charge in [0.2, 0.25) is 6.79 Å². The van der Waals surface area contributed by atoms with Crippen LogP contribution in [0.1, 0.15) is 39.0 Å². The number of benzene rings is 1. The summed E-state index contributed by atoms with van der Waals surface area (Å²) in [7, 11) is 0. The molecule has 3 heterocycles. The van der Waals surface area contributed by atoms with Crippen LogP contribution < -0.4 is 19.7 Å². The van der Waals surface area contributed by atoms with Gasteiger partial charge >= 0.3 is 0 Å². The molecule has 2 atom stereocenters. The highest BCUT2D eigenvalue weighted by Crippen LogP contribution is 2.42. The molecule has 3 aliphatic heterocycles. The Balaban J connectivity index is 1.59. The van der Waals surface area contributed by atoms with E-state index in [1.54, 1.807) is 0 Å². The van der Waals surface area contributed by atoms with Gasteiger partial charge in [0.05, 0.1) is 0 Å². The number of piperidine rings is 2. The van der Waals surface area contributed by atoms with Gasteiger partial charge in [0.15, 0.2) is 11.5 Å². The number of ether oxygens (including phenoxy) is 2. The van der Waals surface area contributed by atoms with Gasteiger partial charge in [0.1, 0.15) is 0 Å². The summed E-state index contributed by atoms with van der Waals surface area (Å²) in [6.45, 7) is 3.64. The number of hydrogen-bond acceptors (Lipinski definition) is 4. The van der Waals surface area contributed by atoms with Crippen LogP contribution in [0.4, 0.5) is 5.69 Å². The van der Waals surface area contributed by atoms with E-state index in [9.17, 15) is 0 Å². The monoisotopic (exact) mass is 288 g/mol. The molecule has 0 aromatic heterocycles. The third-order valence-electron chi connectivity index (χ3n) is 5.12. The second kappa shape index (κ2) is 5.41. The Kier molecular flexibility index (Phi) is 3.42. The number of anilines is 1. The van der Waals surface area contributed by atoms with Crippen molar-refractivity contribution < 1.29 is 9.47 Å². The van der Waals surface area contributed by atoms with Crippen LogP contribution in [0.25, 0.3) is 0 Å². The van der Waals surface area contributed by atoms with Gasteiger partial charge in [-0.1, -0.05) is 6.92 Å². The third-order valence-corrected chi connectivity index (χ3v) is 5.12. The van der Waals surface area contributed by atoms with Crippen molar-refractivity contribution in [2.75, 3.05) is 18.2 Å². The zero-order valence-corrected chi connectivity index (χ0v) is 12.7. The second-order valence-electron chi connectivity index (χ2n) is 6.41. The van der Waals surface area contributed by atoms with Gasteiger partial charge in [-0.2, -0.15) is 0 Å². The van der Waals surface area contributed by atoms with Crippen LogP contribution in [0.5, 0.6) is 11.5 Å². The van der Waals surface area contributed by atoms with Crippen molar-refractivity contribution in [2.45, 2.75) is 57.2 Å². The minimum atomic E-state index is 0.355. The molecule has 2 fully saturated rings. The van der Waals surface area contributed by atoms with E-state index in [-0.39, 0.29) is 0 Å². The fraction of sp³-hybridized carbons (Fsp3) is 0.647. The van der Waals surface area contributed by atoms with Crippen LogP contribution in [-0.2, 0) is 0 Å². The SMILES string of the molecule is CCNC1CC2CCCC(C1)N2c1ccc2c(c1)OCO2. The van der Waals surface area contributed by atoms with Crippen molar-refractivity contribution in [3.8, 4) is 11.5 Å². The van der Waals surface area contributed by atoms with Gasteiger partial charge in [-0.15, -0.1) is 0 Å². The van der Waals surface area contributed by atoms with Crippen LogP contribution >= 0.6 is 0 Å². The van der Waals surface area contributed by atoms with Crippen LogP contribution in [0.3, 0.4) is 0 Å². The standard InChI is InChI=1S/C17H24N2O2/c1-2-18-12-8-13-4-3-5-14(9-12)19(13)15-6-7-16-17(10-15)21-11-20-16/h6-7,10,12-14,18H,2-5,8-9,11H2,1H3. The maximum absolute atomic E-state index is 5.55. The van der Waals surface area contributed by atoms with Crippen molar-refractivity contribution in [1.29, 1.82) is 0 Å². The molecule has 114 valence electrons. The number of fused-ring (bicyclic) bond motifs is 3. The molecule has 4 nitrogen and oxygen atoms in total. The lowest BCUT2D eigenvalue weighted by atomic mass is 9.81. The summed E-state index contributed by atoms with van der Waals surface area (Å²) in [5.74, 6) is 1.78. The topological polar surface area (TPSA) is 33.7 Å². The highest BCUT2D eigenvalue weighted by atomic mass is 16.7. The van der Waals surface area contributed by atoms with Crippen molar-refractivity contribution in [2.24, 2.45) is 0 Å².